The van der Waals surface area contributed by atoms with Gasteiger partial charge in [-0.2, -0.15) is 0 Å². The number of ketones is 3. The van der Waals surface area contributed by atoms with Crippen molar-refractivity contribution in [3.8, 4) is 0 Å². The molecule has 2 atom stereocenters. The van der Waals surface area contributed by atoms with E-state index in [1.54, 1.807) is 24.3 Å². The zero-order valence-electron chi connectivity index (χ0n) is 12.6. The summed E-state index contributed by atoms with van der Waals surface area (Å²) in [5, 5.41) is 0. The summed E-state index contributed by atoms with van der Waals surface area (Å²) >= 11 is 0. The second-order valence-corrected chi connectivity index (χ2v) is 5.39. The molecule has 2 saturated carbocycles. The van der Waals surface area contributed by atoms with Crippen molar-refractivity contribution >= 4 is 23.3 Å². The Labute approximate surface area is 133 Å². The van der Waals surface area contributed by atoms with E-state index in [1.165, 1.54) is 0 Å². The fraction of sp³-hybridized carbons (Fsp3) is 0.375. The first-order valence-corrected chi connectivity index (χ1v) is 7.24. The molecule has 3 rings (SSSR count). The molecule has 7 nitrogen and oxygen atoms in total. The van der Waals surface area contributed by atoms with Crippen molar-refractivity contribution in [1.29, 1.82) is 0 Å². The van der Waals surface area contributed by atoms with Crippen LogP contribution in [0.1, 0.15) is 36.0 Å². The van der Waals surface area contributed by atoms with Crippen molar-refractivity contribution in [2.45, 2.75) is 25.7 Å². The quantitative estimate of drug-likeness (QED) is 0.324. The van der Waals surface area contributed by atoms with Gasteiger partial charge in [-0.1, -0.05) is 31.0 Å². The van der Waals surface area contributed by atoms with E-state index < -0.39 is 17.3 Å². The van der Waals surface area contributed by atoms with E-state index in [0.29, 0.717) is 5.56 Å². The Morgan fingerprint density at radius 2 is 1.43 bits per heavy atom. The number of rotatable bonds is 1. The van der Waals surface area contributed by atoms with E-state index in [1.807, 2.05) is 11.5 Å². The van der Waals surface area contributed by atoms with Crippen LogP contribution in [0.15, 0.2) is 30.3 Å². The molecule has 1 amide bonds. The number of nitrogens with two attached hydrogens (primary N) is 1. The molecule has 0 heterocycles. The molecule has 0 spiro atoms. The summed E-state index contributed by atoms with van der Waals surface area (Å²) < 4.78 is 0. The number of fused-ring (bicyclic) bond motifs is 1. The van der Waals surface area contributed by atoms with Crippen LogP contribution in [0, 0.1) is 11.8 Å². The van der Waals surface area contributed by atoms with Crippen molar-refractivity contribution in [3.05, 3.63) is 35.9 Å². The molecule has 2 aliphatic carbocycles. The van der Waals surface area contributed by atoms with Gasteiger partial charge in [0, 0.05) is 17.4 Å². The lowest BCUT2D eigenvalue weighted by atomic mass is 9.81. The molecule has 2 fully saturated rings. The van der Waals surface area contributed by atoms with Crippen molar-refractivity contribution < 1.29 is 24.7 Å². The van der Waals surface area contributed by atoms with Crippen LogP contribution in [-0.4, -0.2) is 28.7 Å². The van der Waals surface area contributed by atoms with E-state index in [4.69, 9.17) is 5.84 Å². The van der Waals surface area contributed by atoms with Crippen molar-refractivity contribution in [3.63, 3.8) is 0 Å². The highest BCUT2D eigenvalue weighted by Gasteiger charge is 2.48. The summed E-state index contributed by atoms with van der Waals surface area (Å²) in [6.45, 7) is 0. The number of hydrazine groups is 1. The molecule has 7 heteroatoms. The summed E-state index contributed by atoms with van der Waals surface area (Å²) in [6, 6.07) is 8.80. The van der Waals surface area contributed by atoms with E-state index in [0.717, 1.165) is 25.7 Å². The number of carbonyl (C=O) groups excluding carboxylic acids is 4. The van der Waals surface area contributed by atoms with Crippen LogP contribution in [0.4, 0.5) is 0 Å². The first-order valence-electron chi connectivity index (χ1n) is 7.24. The molecule has 0 aliphatic heterocycles. The van der Waals surface area contributed by atoms with Crippen molar-refractivity contribution in [2.75, 3.05) is 0 Å². The van der Waals surface area contributed by atoms with Crippen LogP contribution in [0.3, 0.4) is 0 Å². The molecule has 0 saturated heterocycles. The molecule has 2 unspecified atom stereocenters. The summed E-state index contributed by atoms with van der Waals surface area (Å²) in [6.07, 6.45) is 3.43. The van der Waals surface area contributed by atoms with Gasteiger partial charge in [-0.15, -0.1) is 0 Å². The van der Waals surface area contributed by atoms with Gasteiger partial charge < -0.3 is 5.48 Å². The predicted molar refractivity (Wildman–Crippen MR) is 82.2 cm³/mol. The largest absolute Gasteiger partial charge is 0.412 e. The molecular formula is C16H20N2O5. The Kier molecular flexibility index (Phi) is 6.74. The molecule has 124 valence electrons. The number of hydrogen-bond acceptors (Lipinski definition) is 5. The Hall–Kier alpha value is -2.38. The monoisotopic (exact) mass is 320 g/mol. The Morgan fingerprint density at radius 3 is 1.87 bits per heavy atom. The Balaban J connectivity index is 0.000000224. The minimum absolute atomic E-state index is 0. The second kappa shape index (κ2) is 8.30. The third-order valence-corrected chi connectivity index (χ3v) is 4.05. The summed E-state index contributed by atoms with van der Waals surface area (Å²) in [4.78, 5) is 44.1. The zero-order chi connectivity index (χ0) is 16.1. The van der Waals surface area contributed by atoms with Gasteiger partial charge in [-0.25, -0.2) is 5.84 Å². The fourth-order valence-corrected chi connectivity index (χ4v) is 2.89. The molecule has 0 bridgehead atoms. The molecule has 0 aromatic heterocycles. The summed E-state index contributed by atoms with van der Waals surface area (Å²) in [7, 11) is 0. The van der Waals surface area contributed by atoms with Crippen LogP contribution in [-0.2, 0) is 14.4 Å². The van der Waals surface area contributed by atoms with Crippen molar-refractivity contribution in [1.82, 2.24) is 5.43 Å². The topological polar surface area (TPSA) is 138 Å². The number of Topliss-reactive ketones (excluding diaryl/α,β-unsaturated/α-hetero) is 3. The maximum Gasteiger partial charge on any atom is 0.265 e. The lowest BCUT2D eigenvalue weighted by Crippen LogP contribution is -2.29. The number of carbonyl (C=O) groups is 4. The smallest absolute Gasteiger partial charge is 0.265 e. The lowest BCUT2D eigenvalue weighted by molar-refractivity contribution is -0.141. The van der Waals surface area contributed by atoms with E-state index in [9.17, 15) is 19.2 Å². The number of nitrogen functional groups attached to an aromatic ring is 1. The van der Waals surface area contributed by atoms with Crippen LogP contribution >= 0.6 is 0 Å². The van der Waals surface area contributed by atoms with E-state index >= 15 is 0 Å². The third kappa shape index (κ3) is 4.08. The fourth-order valence-electron chi connectivity index (χ4n) is 2.89. The zero-order valence-corrected chi connectivity index (χ0v) is 12.6. The Morgan fingerprint density at radius 1 is 0.957 bits per heavy atom. The number of hydrogen-bond donors (Lipinski definition) is 2. The highest BCUT2D eigenvalue weighted by molar-refractivity contribution is 6.68. The SMILES string of the molecule is NNC(=O)c1ccccc1.O.O=C1C(=O)C2CCCCC2C1=O. The van der Waals surface area contributed by atoms with E-state index in [-0.39, 0.29) is 23.2 Å². The highest BCUT2D eigenvalue weighted by atomic mass is 16.2. The molecule has 2 aliphatic rings. The van der Waals surface area contributed by atoms with Crippen LogP contribution < -0.4 is 11.3 Å². The second-order valence-electron chi connectivity index (χ2n) is 5.39. The van der Waals surface area contributed by atoms with Gasteiger partial charge in [0.15, 0.2) is 0 Å². The van der Waals surface area contributed by atoms with Gasteiger partial charge in [0.05, 0.1) is 0 Å². The first-order chi connectivity index (χ1) is 10.6. The van der Waals surface area contributed by atoms with Gasteiger partial charge in [0.25, 0.3) is 11.7 Å². The molecule has 23 heavy (non-hydrogen) atoms. The van der Waals surface area contributed by atoms with Crippen LogP contribution in [0.2, 0.25) is 0 Å². The number of nitrogens with one attached hydrogen (secondary N) is 1. The average Bonchev–Trinajstić information content (AvgIpc) is 2.80. The maximum atomic E-state index is 11.2. The molecular weight excluding hydrogens is 300 g/mol. The molecule has 5 N–H and O–H groups in total. The van der Waals surface area contributed by atoms with Crippen LogP contribution in [0.25, 0.3) is 0 Å². The van der Waals surface area contributed by atoms with Gasteiger partial charge >= 0.3 is 0 Å². The van der Waals surface area contributed by atoms with Crippen molar-refractivity contribution in [2.24, 2.45) is 17.7 Å². The molecule has 1 aromatic rings. The average molecular weight is 320 g/mol. The minimum Gasteiger partial charge on any atom is -0.412 e. The minimum atomic E-state index is -0.744. The maximum absolute atomic E-state index is 11.2. The lowest BCUT2D eigenvalue weighted by Gasteiger charge is -2.20. The molecule has 1 aromatic carbocycles. The summed E-state index contributed by atoms with van der Waals surface area (Å²) in [5.74, 6) is 2.54. The number of amides is 1. The normalized spacial score (nSPS) is 22.4. The van der Waals surface area contributed by atoms with Crippen LogP contribution in [0.5, 0.6) is 0 Å². The van der Waals surface area contributed by atoms with Gasteiger partial charge in [0.2, 0.25) is 11.6 Å². The first kappa shape index (κ1) is 18.7. The predicted octanol–water partition coefficient (Wildman–Crippen LogP) is -0.0209. The third-order valence-electron chi connectivity index (χ3n) is 4.05. The summed E-state index contributed by atoms with van der Waals surface area (Å²) in [5.41, 5.74) is 2.62. The molecule has 0 radical (unpaired) electrons. The van der Waals surface area contributed by atoms with Gasteiger partial charge in [-0.3, -0.25) is 24.6 Å². The van der Waals surface area contributed by atoms with Gasteiger partial charge in [0.1, 0.15) is 0 Å². The standard InChI is InChI=1S/C9H10O3.C7H8N2O.H2O/c10-7-5-3-1-2-4-6(5)8(11)9(7)12;8-9-7(10)6-4-2-1-3-5-6;/h5-6H,1-4H2;1-5H,8H2,(H,9,10);1H2. The van der Waals surface area contributed by atoms with Gasteiger partial charge in [-0.05, 0) is 25.0 Å². The van der Waals surface area contributed by atoms with E-state index in [2.05, 4.69) is 0 Å². The number of benzene rings is 1. The Bertz CT molecular complexity index is 574. The highest BCUT2D eigenvalue weighted by Crippen LogP contribution is 2.36.